The highest BCUT2D eigenvalue weighted by Crippen LogP contribution is 2.33. The average molecular weight is 388 g/mol. The maximum atomic E-state index is 13.2. The quantitative estimate of drug-likeness (QED) is 0.536. The second kappa shape index (κ2) is 6.80. The molecule has 3 aromatic heterocycles. The Kier molecular flexibility index (Phi) is 4.12. The van der Waals surface area contributed by atoms with Crippen molar-refractivity contribution in [3.05, 3.63) is 60.4 Å². The molecule has 2 atom stereocenters. The number of rotatable bonds is 3. The molecule has 4 aromatic rings. The number of hydrogen-bond acceptors (Lipinski definition) is 6. The van der Waals surface area contributed by atoms with Crippen molar-refractivity contribution in [3.8, 4) is 11.4 Å². The summed E-state index contributed by atoms with van der Waals surface area (Å²) in [6.45, 7) is 3.25. The fourth-order valence-electron chi connectivity index (χ4n) is 3.97. The topological polar surface area (TPSA) is 89.9 Å². The molecule has 0 radical (unpaired) electrons. The number of aryl methyl sites for hydroxylation is 1. The number of likely N-dealkylation sites (tertiary alicyclic amines) is 1. The number of hydrogen-bond donors (Lipinski definition) is 0. The van der Waals surface area contributed by atoms with Crippen LogP contribution in [0.4, 0.5) is 0 Å². The maximum Gasteiger partial charge on any atom is 0.275 e. The van der Waals surface area contributed by atoms with Crippen LogP contribution in [0.25, 0.3) is 22.3 Å². The summed E-state index contributed by atoms with van der Waals surface area (Å²) in [5, 5.41) is 9.43. The van der Waals surface area contributed by atoms with Crippen LogP contribution in [-0.4, -0.2) is 48.8 Å². The molecule has 0 N–H and O–H groups in total. The summed E-state index contributed by atoms with van der Waals surface area (Å²) < 4.78 is 7.28. The van der Waals surface area contributed by atoms with Gasteiger partial charge in [0, 0.05) is 43.5 Å². The molecule has 2 unspecified atom stereocenters. The van der Waals surface area contributed by atoms with E-state index in [1.165, 1.54) is 0 Å². The first kappa shape index (κ1) is 17.5. The summed E-state index contributed by atoms with van der Waals surface area (Å²) >= 11 is 0. The molecule has 29 heavy (non-hydrogen) atoms. The first-order chi connectivity index (χ1) is 14.1. The third-order valence-corrected chi connectivity index (χ3v) is 5.54. The van der Waals surface area contributed by atoms with Gasteiger partial charge in [0.05, 0.1) is 11.4 Å². The van der Waals surface area contributed by atoms with E-state index in [0.29, 0.717) is 30.5 Å². The maximum absolute atomic E-state index is 13.2. The molecular formula is C21H20N6O2. The van der Waals surface area contributed by atoms with E-state index in [0.717, 1.165) is 16.5 Å². The lowest BCUT2D eigenvalue weighted by Crippen LogP contribution is -2.29. The second-order valence-electron chi connectivity index (χ2n) is 7.48. The Labute approximate surface area is 167 Å². The van der Waals surface area contributed by atoms with Crippen molar-refractivity contribution in [1.82, 2.24) is 29.8 Å². The molecule has 0 saturated carbocycles. The van der Waals surface area contributed by atoms with Gasteiger partial charge in [-0.1, -0.05) is 30.3 Å². The number of carbonyl (C=O) groups excluding carboxylic acids is 1. The first-order valence-corrected chi connectivity index (χ1v) is 9.57. The van der Waals surface area contributed by atoms with Crippen LogP contribution in [0.1, 0.15) is 29.2 Å². The molecule has 146 valence electrons. The molecule has 1 aliphatic heterocycles. The van der Waals surface area contributed by atoms with Gasteiger partial charge in [-0.2, -0.15) is 10.1 Å². The number of carbonyl (C=O) groups is 1. The molecule has 1 aromatic carbocycles. The van der Waals surface area contributed by atoms with Crippen LogP contribution in [0.5, 0.6) is 0 Å². The molecule has 0 bridgehead atoms. The largest absolute Gasteiger partial charge is 0.339 e. The van der Waals surface area contributed by atoms with Gasteiger partial charge in [0.1, 0.15) is 0 Å². The van der Waals surface area contributed by atoms with Gasteiger partial charge in [0.25, 0.3) is 5.91 Å². The fourth-order valence-corrected chi connectivity index (χ4v) is 3.97. The molecular weight excluding hydrogens is 368 g/mol. The lowest BCUT2D eigenvalue weighted by molar-refractivity contribution is 0.0781. The van der Waals surface area contributed by atoms with E-state index >= 15 is 0 Å². The standard InChI is InChI=1S/C21H20N6O2/c1-13-11-27(21(28)18-15-7-3-4-8-17(15)26(2)24-18)12-16(13)20-23-19(25-29-20)14-6-5-9-22-10-14/h3-10,13,16H,11-12H2,1-2H3. The predicted octanol–water partition coefficient (Wildman–Crippen LogP) is 2.89. The number of benzene rings is 1. The van der Waals surface area contributed by atoms with Gasteiger partial charge in [-0.25, -0.2) is 0 Å². The number of fused-ring (bicyclic) bond motifs is 1. The predicted molar refractivity (Wildman–Crippen MR) is 106 cm³/mol. The van der Waals surface area contributed by atoms with Gasteiger partial charge in [0.2, 0.25) is 11.7 Å². The number of para-hydroxylation sites is 1. The molecule has 4 heterocycles. The molecule has 8 nitrogen and oxygen atoms in total. The number of aromatic nitrogens is 5. The van der Waals surface area contributed by atoms with Gasteiger partial charge < -0.3 is 9.42 Å². The Morgan fingerprint density at radius 2 is 2.03 bits per heavy atom. The van der Waals surface area contributed by atoms with Gasteiger partial charge >= 0.3 is 0 Å². The highest BCUT2D eigenvalue weighted by atomic mass is 16.5. The van der Waals surface area contributed by atoms with Gasteiger partial charge in [-0.05, 0) is 24.1 Å². The second-order valence-corrected chi connectivity index (χ2v) is 7.48. The number of pyridine rings is 1. The van der Waals surface area contributed by atoms with E-state index in [1.807, 2.05) is 48.3 Å². The Morgan fingerprint density at radius 3 is 2.86 bits per heavy atom. The van der Waals surface area contributed by atoms with Crippen molar-refractivity contribution in [3.63, 3.8) is 0 Å². The summed E-state index contributed by atoms with van der Waals surface area (Å²) in [5.41, 5.74) is 2.23. The third kappa shape index (κ3) is 2.97. The van der Waals surface area contributed by atoms with Crippen molar-refractivity contribution >= 4 is 16.8 Å². The van der Waals surface area contributed by atoms with E-state index in [-0.39, 0.29) is 17.7 Å². The molecule has 1 aliphatic rings. The van der Waals surface area contributed by atoms with Crippen molar-refractivity contribution in [2.45, 2.75) is 12.8 Å². The third-order valence-electron chi connectivity index (χ3n) is 5.54. The molecule has 1 fully saturated rings. The van der Waals surface area contributed by atoms with Crippen LogP contribution in [0.15, 0.2) is 53.3 Å². The Bertz CT molecular complexity index is 1180. The smallest absolute Gasteiger partial charge is 0.275 e. The number of nitrogens with zero attached hydrogens (tertiary/aromatic N) is 6. The minimum Gasteiger partial charge on any atom is -0.339 e. The van der Waals surface area contributed by atoms with Crippen LogP contribution in [0.3, 0.4) is 0 Å². The minimum atomic E-state index is -0.0665. The first-order valence-electron chi connectivity index (χ1n) is 9.57. The van der Waals surface area contributed by atoms with Crippen molar-refractivity contribution in [1.29, 1.82) is 0 Å². The summed E-state index contributed by atoms with van der Waals surface area (Å²) in [6, 6.07) is 11.5. The zero-order valence-corrected chi connectivity index (χ0v) is 16.2. The summed E-state index contributed by atoms with van der Waals surface area (Å²) in [6.07, 6.45) is 3.41. The molecule has 1 amide bonds. The van der Waals surface area contributed by atoms with E-state index in [4.69, 9.17) is 4.52 Å². The monoisotopic (exact) mass is 388 g/mol. The minimum absolute atomic E-state index is 0.00755. The van der Waals surface area contributed by atoms with Crippen molar-refractivity contribution in [2.24, 2.45) is 13.0 Å². The van der Waals surface area contributed by atoms with Crippen LogP contribution in [-0.2, 0) is 7.05 Å². The van der Waals surface area contributed by atoms with E-state index in [2.05, 4.69) is 27.1 Å². The van der Waals surface area contributed by atoms with Gasteiger partial charge in [-0.3, -0.25) is 14.5 Å². The molecule has 0 spiro atoms. The SMILES string of the molecule is CC1CN(C(=O)c2nn(C)c3ccccc23)CC1c1nc(-c2cccnc2)no1. The summed E-state index contributed by atoms with van der Waals surface area (Å²) in [7, 11) is 1.85. The van der Waals surface area contributed by atoms with Crippen molar-refractivity contribution < 1.29 is 9.32 Å². The molecule has 1 saturated heterocycles. The molecule has 0 aliphatic carbocycles. The molecule has 8 heteroatoms. The Morgan fingerprint density at radius 1 is 1.17 bits per heavy atom. The van der Waals surface area contributed by atoms with Crippen LogP contribution in [0.2, 0.25) is 0 Å². The Hall–Kier alpha value is -3.55. The average Bonchev–Trinajstić information content (AvgIpc) is 3.46. The zero-order valence-electron chi connectivity index (χ0n) is 16.2. The number of amides is 1. The molecule has 5 rings (SSSR count). The Balaban J connectivity index is 1.40. The summed E-state index contributed by atoms with van der Waals surface area (Å²) in [5.74, 6) is 1.20. The van der Waals surface area contributed by atoms with E-state index in [1.54, 1.807) is 17.1 Å². The van der Waals surface area contributed by atoms with Crippen molar-refractivity contribution in [2.75, 3.05) is 13.1 Å². The van der Waals surface area contributed by atoms with Crippen LogP contribution in [0, 0.1) is 5.92 Å². The zero-order chi connectivity index (χ0) is 20.0. The lowest BCUT2D eigenvalue weighted by Gasteiger charge is -2.14. The van der Waals surface area contributed by atoms with Crippen LogP contribution < -0.4 is 0 Å². The van der Waals surface area contributed by atoms with Gasteiger partial charge in [0.15, 0.2) is 5.69 Å². The normalized spacial score (nSPS) is 19.2. The lowest BCUT2D eigenvalue weighted by atomic mass is 9.98. The highest BCUT2D eigenvalue weighted by molar-refractivity contribution is 6.05. The van der Waals surface area contributed by atoms with Gasteiger partial charge in [-0.15, -0.1) is 0 Å². The highest BCUT2D eigenvalue weighted by Gasteiger charge is 2.38. The summed E-state index contributed by atoms with van der Waals surface area (Å²) in [4.78, 5) is 23.7. The van der Waals surface area contributed by atoms with E-state index < -0.39 is 0 Å². The van der Waals surface area contributed by atoms with E-state index in [9.17, 15) is 4.79 Å². The van der Waals surface area contributed by atoms with Crippen LogP contribution >= 0.6 is 0 Å². The fraction of sp³-hybridized carbons (Fsp3) is 0.286.